The number of rotatable bonds is 8. The number of amides is 2. The highest BCUT2D eigenvalue weighted by atomic mass is 32.1. The monoisotopic (exact) mass is 549 g/mol. The fraction of sp³-hybridized carbons (Fsp3) is 0.419. The topological polar surface area (TPSA) is 53.1 Å². The second kappa shape index (κ2) is 12.7. The van der Waals surface area contributed by atoms with Gasteiger partial charge in [0.15, 0.2) is 0 Å². The molecule has 206 valence electrons. The van der Waals surface area contributed by atoms with Crippen LogP contribution in [0.3, 0.4) is 0 Å². The van der Waals surface area contributed by atoms with Crippen LogP contribution in [0.5, 0.6) is 5.75 Å². The lowest BCUT2D eigenvalue weighted by Crippen LogP contribution is -2.45. The number of carbonyl (C=O) groups is 2. The summed E-state index contributed by atoms with van der Waals surface area (Å²) in [5, 5.41) is 2.08. The minimum atomic E-state index is -0.267. The van der Waals surface area contributed by atoms with Crippen LogP contribution in [0.25, 0.3) is 0 Å². The standard InChI is InChI=1S/C31H36FN3O3S/c1-2-3-19-38-26-10-8-23(9-11-26)31(37)34-15-5-14-33(17-18-34)29(36)22-35-16-12-28-27(13-20-39-28)30(35)24-6-4-7-25(32)21-24/h4,6-11,13,20-21,30H,2-3,5,12,14-19,22H2,1H3. The van der Waals surface area contributed by atoms with Crippen molar-refractivity contribution in [2.24, 2.45) is 0 Å². The lowest BCUT2D eigenvalue weighted by molar-refractivity contribution is -0.132. The maximum atomic E-state index is 14.1. The lowest BCUT2D eigenvalue weighted by Gasteiger charge is -2.37. The van der Waals surface area contributed by atoms with Gasteiger partial charge >= 0.3 is 0 Å². The maximum absolute atomic E-state index is 14.1. The van der Waals surface area contributed by atoms with Crippen molar-refractivity contribution in [3.8, 4) is 5.75 Å². The Labute approximate surface area is 234 Å². The van der Waals surface area contributed by atoms with Gasteiger partial charge in [0.2, 0.25) is 5.91 Å². The first-order chi connectivity index (χ1) is 19.0. The molecule has 1 unspecified atom stereocenters. The van der Waals surface area contributed by atoms with Gasteiger partial charge in [0.05, 0.1) is 19.2 Å². The SMILES string of the molecule is CCCCOc1ccc(C(=O)N2CCCN(C(=O)CN3CCc4sccc4C3c3cccc(F)c3)CC2)cc1. The van der Waals surface area contributed by atoms with Gasteiger partial charge in [-0.3, -0.25) is 14.5 Å². The Morgan fingerprint density at radius 3 is 2.59 bits per heavy atom. The number of hydrogen-bond acceptors (Lipinski definition) is 5. The van der Waals surface area contributed by atoms with Gasteiger partial charge in [0, 0.05) is 43.2 Å². The van der Waals surface area contributed by atoms with E-state index >= 15 is 0 Å². The Bertz CT molecular complexity index is 1280. The van der Waals surface area contributed by atoms with E-state index in [9.17, 15) is 14.0 Å². The third-order valence-corrected chi connectivity index (χ3v) is 8.57. The molecular weight excluding hydrogens is 513 g/mol. The van der Waals surface area contributed by atoms with Gasteiger partial charge in [0.25, 0.3) is 5.91 Å². The molecule has 0 saturated carbocycles. The largest absolute Gasteiger partial charge is 0.494 e. The maximum Gasteiger partial charge on any atom is 0.253 e. The number of ether oxygens (including phenoxy) is 1. The van der Waals surface area contributed by atoms with Crippen molar-refractivity contribution in [2.75, 3.05) is 45.9 Å². The number of benzene rings is 2. The number of halogens is 1. The molecule has 1 saturated heterocycles. The zero-order chi connectivity index (χ0) is 27.2. The van der Waals surface area contributed by atoms with E-state index in [1.54, 1.807) is 23.5 Å². The number of carbonyl (C=O) groups excluding carboxylic acids is 2. The van der Waals surface area contributed by atoms with Crippen LogP contribution in [0.4, 0.5) is 4.39 Å². The van der Waals surface area contributed by atoms with Crippen LogP contribution >= 0.6 is 11.3 Å². The molecule has 1 atom stereocenters. The van der Waals surface area contributed by atoms with E-state index < -0.39 is 0 Å². The van der Waals surface area contributed by atoms with Crippen LogP contribution in [0.15, 0.2) is 60.0 Å². The molecule has 1 fully saturated rings. The van der Waals surface area contributed by atoms with Gasteiger partial charge < -0.3 is 14.5 Å². The van der Waals surface area contributed by atoms with Crippen LogP contribution in [-0.4, -0.2) is 72.4 Å². The molecule has 39 heavy (non-hydrogen) atoms. The average Bonchev–Trinajstić information content (AvgIpc) is 3.28. The Balaban J connectivity index is 1.21. The molecular formula is C31H36FN3O3S. The predicted molar refractivity (Wildman–Crippen MR) is 152 cm³/mol. The summed E-state index contributed by atoms with van der Waals surface area (Å²) in [4.78, 5) is 33.9. The average molecular weight is 550 g/mol. The van der Waals surface area contributed by atoms with Gasteiger partial charge in [-0.1, -0.05) is 25.5 Å². The zero-order valence-electron chi connectivity index (χ0n) is 22.5. The van der Waals surface area contributed by atoms with Gasteiger partial charge in [-0.15, -0.1) is 11.3 Å². The van der Waals surface area contributed by atoms with E-state index in [0.29, 0.717) is 38.3 Å². The quantitative estimate of drug-likeness (QED) is 0.354. The molecule has 0 N–H and O–H groups in total. The van der Waals surface area contributed by atoms with Crippen LogP contribution in [0.1, 0.15) is 58.6 Å². The van der Waals surface area contributed by atoms with Crippen molar-refractivity contribution in [1.29, 1.82) is 0 Å². The molecule has 2 aliphatic rings. The van der Waals surface area contributed by atoms with E-state index in [0.717, 1.165) is 43.5 Å². The summed E-state index contributed by atoms with van der Waals surface area (Å²) >= 11 is 1.73. The number of hydrogen-bond donors (Lipinski definition) is 0. The third-order valence-electron chi connectivity index (χ3n) is 7.57. The molecule has 2 aliphatic heterocycles. The molecule has 0 radical (unpaired) electrons. The molecule has 0 spiro atoms. The Kier molecular flexibility index (Phi) is 8.94. The van der Waals surface area contributed by atoms with Crippen molar-refractivity contribution in [2.45, 2.75) is 38.6 Å². The summed E-state index contributed by atoms with van der Waals surface area (Å²) in [6.45, 7) is 6.06. The van der Waals surface area contributed by atoms with Crippen molar-refractivity contribution in [3.05, 3.63) is 87.4 Å². The number of unbranched alkanes of at least 4 members (excludes halogenated alkanes) is 1. The second-order valence-electron chi connectivity index (χ2n) is 10.2. The first kappa shape index (κ1) is 27.3. The highest BCUT2D eigenvalue weighted by molar-refractivity contribution is 7.10. The molecule has 5 rings (SSSR count). The molecule has 8 heteroatoms. The van der Waals surface area contributed by atoms with E-state index in [1.807, 2.05) is 40.1 Å². The van der Waals surface area contributed by atoms with Crippen molar-refractivity contribution in [1.82, 2.24) is 14.7 Å². The molecule has 3 heterocycles. The predicted octanol–water partition coefficient (Wildman–Crippen LogP) is 5.39. The summed E-state index contributed by atoms with van der Waals surface area (Å²) in [6.07, 6.45) is 3.70. The van der Waals surface area contributed by atoms with Gasteiger partial charge in [-0.25, -0.2) is 4.39 Å². The highest BCUT2D eigenvalue weighted by Gasteiger charge is 2.32. The summed E-state index contributed by atoms with van der Waals surface area (Å²) in [7, 11) is 0. The number of nitrogens with zero attached hydrogens (tertiary/aromatic N) is 3. The normalized spacial score (nSPS) is 17.9. The Morgan fingerprint density at radius 2 is 1.79 bits per heavy atom. The zero-order valence-corrected chi connectivity index (χ0v) is 23.3. The molecule has 2 amide bonds. The number of fused-ring (bicyclic) bond motifs is 1. The van der Waals surface area contributed by atoms with Crippen molar-refractivity contribution in [3.63, 3.8) is 0 Å². The van der Waals surface area contributed by atoms with Crippen LogP contribution < -0.4 is 4.74 Å². The summed E-state index contributed by atoms with van der Waals surface area (Å²) in [5.74, 6) is 0.545. The van der Waals surface area contributed by atoms with Crippen LogP contribution in [0.2, 0.25) is 0 Å². The van der Waals surface area contributed by atoms with E-state index in [1.165, 1.54) is 16.5 Å². The van der Waals surface area contributed by atoms with E-state index in [2.05, 4.69) is 23.3 Å². The van der Waals surface area contributed by atoms with E-state index in [4.69, 9.17) is 4.74 Å². The Hall–Kier alpha value is -3.23. The molecule has 0 aliphatic carbocycles. The van der Waals surface area contributed by atoms with Gasteiger partial charge in [0.1, 0.15) is 11.6 Å². The van der Waals surface area contributed by atoms with Gasteiger partial charge in [-0.2, -0.15) is 0 Å². The summed E-state index contributed by atoms with van der Waals surface area (Å²) < 4.78 is 19.8. The number of thiophene rings is 1. The van der Waals surface area contributed by atoms with Gasteiger partial charge in [-0.05, 0) is 78.2 Å². The second-order valence-corrected chi connectivity index (χ2v) is 11.2. The minimum Gasteiger partial charge on any atom is -0.494 e. The molecule has 2 aromatic carbocycles. The molecule has 3 aromatic rings. The fourth-order valence-corrected chi connectivity index (χ4v) is 6.36. The van der Waals surface area contributed by atoms with E-state index in [-0.39, 0.29) is 30.2 Å². The smallest absolute Gasteiger partial charge is 0.253 e. The first-order valence-corrected chi connectivity index (χ1v) is 14.8. The summed E-state index contributed by atoms with van der Waals surface area (Å²) in [6, 6.07) is 16.0. The third kappa shape index (κ3) is 6.50. The Morgan fingerprint density at radius 1 is 1.00 bits per heavy atom. The highest BCUT2D eigenvalue weighted by Crippen LogP contribution is 2.37. The first-order valence-electron chi connectivity index (χ1n) is 13.9. The lowest BCUT2D eigenvalue weighted by atomic mass is 9.93. The van der Waals surface area contributed by atoms with Crippen LogP contribution in [0, 0.1) is 5.82 Å². The summed E-state index contributed by atoms with van der Waals surface area (Å²) in [5.41, 5.74) is 2.67. The fourth-order valence-electron chi connectivity index (χ4n) is 5.46. The molecule has 0 bridgehead atoms. The molecule has 6 nitrogen and oxygen atoms in total. The molecule has 1 aromatic heterocycles. The minimum absolute atomic E-state index is 0.0170. The van der Waals surface area contributed by atoms with Crippen LogP contribution in [-0.2, 0) is 11.2 Å². The van der Waals surface area contributed by atoms with Crippen molar-refractivity contribution >= 4 is 23.2 Å². The van der Waals surface area contributed by atoms with Crippen molar-refractivity contribution < 1.29 is 18.7 Å².